The number of nitrogens with zero attached hydrogens (tertiary/aromatic N) is 6. The molecule has 0 aliphatic carbocycles. The quantitative estimate of drug-likeness (QED) is 0.0181. The number of hydrogen-bond donors (Lipinski definition) is 6. The van der Waals surface area contributed by atoms with E-state index < -0.39 is 54.3 Å². The van der Waals surface area contributed by atoms with Gasteiger partial charge in [0.05, 0.1) is 35.1 Å². The summed E-state index contributed by atoms with van der Waals surface area (Å²) in [5.74, 6) is -3.12. The van der Waals surface area contributed by atoms with Crippen molar-refractivity contribution in [2.45, 2.75) is 4.90 Å². The van der Waals surface area contributed by atoms with Gasteiger partial charge in [0.25, 0.3) is 10.1 Å². The number of ether oxygens (including phenoxy) is 1. The molecule has 0 unspecified atom stereocenters. The number of sulfone groups is 1. The van der Waals surface area contributed by atoms with Crippen LogP contribution in [0.1, 0.15) is 15.9 Å². The number of amidine groups is 1. The van der Waals surface area contributed by atoms with E-state index in [1.807, 2.05) is 0 Å². The Balaban J connectivity index is 1.61. The van der Waals surface area contributed by atoms with E-state index in [0.717, 1.165) is 17.5 Å². The minimum absolute atomic E-state index is 0.00786. The van der Waals surface area contributed by atoms with E-state index in [2.05, 4.69) is 52.9 Å². The molecule has 0 aliphatic heterocycles. The predicted molar refractivity (Wildman–Crippen MR) is 179 cm³/mol. The van der Waals surface area contributed by atoms with Crippen molar-refractivity contribution < 1.29 is 45.5 Å². The molecule has 3 aromatic carbocycles. The van der Waals surface area contributed by atoms with E-state index in [9.17, 15) is 40.8 Å². The van der Waals surface area contributed by atoms with E-state index in [1.54, 1.807) is 36.4 Å². The summed E-state index contributed by atoms with van der Waals surface area (Å²) in [4.78, 5) is 21.8. The van der Waals surface area contributed by atoms with Gasteiger partial charge >= 0.3 is 12.0 Å². The Bertz CT molecular complexity index is 2150. The third-order valence-electron chi connectivity index (χ3n) is 6.23. The Morgan fingerprint density at radius 1 is 0.960 bits per heavy atom. The van der Waals surface area contributed by atoms with Crippen LogP contribution < -0.4 is 16.1 Å². The normalized spacial score (nSPS) is 12.1. The summed E-state index contributed by atoms with van der Waals surface area (Å²) in [5, 5.41) is 38.6. The SMILES string of the molecule is C=CS(=O)(=O)CCOCCNc1nc(F)nc(Nc2cc(S(=O)(=O)O)cc(N/N=C(\N=Nc3ccccc3C(=O)O)c3ccccc3)c2O)n1. The lowest BCUT2D eigenvalue weighted by atomic mass is 10.2. The van der Waals surface area contributed by atoms with Crippen LogP contribution in [0.4, 0.5) is 33.3 Å². The van der Waals surface area contributed by atoms with Gasteiger partial charge in [-0.1, -0.05) is 49.0 Å². The molecule has 0 amide bonds. The Morgan fingerprint density at radius 3 is 2.34 bits per heavy atom. The first kappa shape index (κ1) is 36.9. The highest BCUT2D eigenvalue weighted by molar-refractivity contribution is 7.94. The number of azo groups is 1. The fourth-order valence-electron chi connectivity index (χ4n) is 3.83. The first-order chi connectivity index (χ1) is 23.8. The number of phenols is 1. The average molecular weight is 730 g/mol. The van der Waals surface area contributed by atoms with Crippen molar-refractivity contribution in [3.63, 3.8) is 0 Å². The van der Waals surface area contributed by atoms with Crippen molar-refractivity contribution in [1.82, 2.24) is 15.0 Å². The van der Waals surface area contributed by atoms with Crippen LogP contribution in [-0.2, 0) is 24.7 Å². The molecule has 1 heterocycles. The van der Waals surface area contributed by atoms with Crippen molar-refractivity contribution >= 4 is 60.7 Å². The number of anilines is 4. The highest BCUT2D eigenvalue weighted by Gasteiger charge is 2.19. The van der Waals surface area contributed by atoms with E-state index >= 15 is 0 Å². The summed E-state index contributed by atoms with van der Waals surface area (Å²) in [7, 11) is -8.33. The van der Waals surface area contributed by atoms with Crippen LogP contribution in [0.5, 0.6) is 5.75 Å². The number of hydrazone groups is 1. The van der Waals surface area contributed by atoms with E-state index in [0.29, 0.717) is 5.56 Å². The molecule has 0 bridgehead atoms. The van der Waals surface area contributed by atoms with Gasteiger partial charge in [-0.2, -0.15) is 32.9 Å². The van der Waals surface area contributed by atoms with Crippen molar-refractivity contribution in [2.24, 2.45) is 15.3 Å². The van der Waals surface area contributed by atoms with Crippen molar-refractivity contribution in [3.05, 3.63) is 95.9 Å². The maximum atomic E-state index is 14.3. The minimum atomic E-state index is -4.89. The molecule has 0 atom stereocenters. The molecule has 0 spiro atoms. The van der Waals surface area contributed by atoms with Crippen LogP contribution in [0.15, 0.2) is 98.9 Å². The molecule has 0 saturated carbocycles. The summed E-state index contributed by atoms with van der Waals surface area (Å²) < 4.78 is 76.4. The van der Waals surface area contributed by atoms with Gasteiger partial charge in [-0.25, -0.2) is 13.2 Å². The smallest absolute Gasteiger partial charge is 0.337 e. The molecule has 6 N–H and O–H groups in total. The lowest BCUT2D eigenvalue weighted by Gasteiger charge is -2.13. The van der Waals surface area contributed by atoms with Gasteiger partial charge in [-0.05, 0) is 24.3 Å². The zero-order valence-electron chi connectivity index (χ0n) is 25.6. The van der Waals surface area contributed by atoms with Gasteiger partial charge < -0.3 is 25.6 Å². The van der Waals surface area contributed by atoms with Gasteiger partial charge in [-0.15, -0.1) is 10.2 Å². The molecule has 21 heteroatoms. The molecule has 18 nitrogen and oxygen atoms in total. The number of carboxylic acid groups (broad SMARTS) is 1. The standard InChI is InChI=1S/C29H28FN9O9S2/c1-2-49(43,44)15-14-48-13-12-31-28-33-27(30)34-29(35-28)32-22-16-19(50(45,46)47)17-23(24(22)40)37-39-25(18-8-4-3-5-9-18)38-36-21-11-7-6-10-20(21)26(41)42/h2-11,16-17,37,40H,1,12-15H2,(H,41,42)(H,45,46,47)(H2,31,32,33,34,35)/b38-36?,39-25-. The number of aromatic carboxylic acids is 1. The van der Waals surface area contributed by atoms with Crippen LogP contribution in [0.25, 0.3) is 0 Å². The van der Waals surface area contributed by atoms with Crippen molar-refractivity contribution in [1.29, 1.82) is 0 Å². The van der Waals surface area contributed by atoms with Crippen LogP contribution in [-0.4, -0.2) is 83.9 Å². The second-order valence-electron chi connectivity index (χ2n) is 9.73. The number of rotatable bonds is 16. The van der Waals surface area contributed by atoms with Crippen LogP contribution >= 0.6 is 0 Å². The lowest BCUT2D eigenvalue weighted by molar-refractivity contribution is 0.0697. The Hall–Kier alpha value is -5.90. The molecule has 4 rings (SSSR count). The third-order valence-corrected chi connectivity index (χ3v) is 8.31. The molecule has 0 radical (unpaired) electrons. The van der Waals surface area contributed by atoms with Gasteiger partial charge in [0, 0.05) is 17.5 Å². The number of halogens is 1. The number of phenolic OH excluding ortho intramolecular Hbond substituents is 1. The first-order valence-electron chi connectivity index (χ1n) is 14.1. The Kier molecular flexibility index (Phi) is 12.2. The van der Waals surface area contributed by atoms with Gasteiger partial charge in [0.1, 0.15) is 11.4 Å². The number of nitrogens with one attached hydrogen (secondary N) is 3. The van der Waals surface area contributed by atoms with Crippen LogP contribution in [0.2, 0.25) is 0 Å². The van der Waals surface area contributed by atoms with E-state index in [-0.39, 0.29) is 54.2 Å². The van der Waals surface area contributed by atoms with Crippen molar-refractivity contribution in [2.75, 3.05) is 41.6 Å². The second-order valence-corrected chi connectivity index (χ2v) is 13.2. The number of carbonyl (C=O) groups is 1. The topological polar surface area (TPSA) is 267 Å². The molecular weight excluding hydrogens is 702 g/mol. The number of benzene rings is 3. The highest BCUT2D eigenvalue weighted by Crippen LogP contribution is 2.37. The van der Waals surface area contributed by atoms with Crippen LogP contribution in [0.3, 0.4) is 0 Å². The lowest BCUT2D eigenvalue weighted by Crippen LogP contribution is -2.16. The molecule has 1 aromatic heterocycles. The predicted octanol–water partition coefficient (Wildman–Crippen LogP) is 3.95. The second kappa shape index (κ2) is 16.5. The zero-order chi connectivity index (χ0) is 36.3. The first-order valence-corrected chi connectivity index (χ1v) is 17.2. The fraction of sp³-hybridized carbons (Fsp3) is 0.138. The largest absolute Gasteiger partial charge is 0.504 e. The number of carboxylic acids is 1. The number of hydrogen-bond acceptors (Lipinski definition) is 15. The summed E-state index contributed by atoms with van der Waals surface area (Å²) in [6.45, 7) is 3.10. The number of aromatic hydroxyl groups is 1. The molecule has 50 heavy (non-hydrogen) atoms. The van der Waals surface area contributed by atoms with Gasteiger partial charge in [0.2, 0.25) is 17.7 Å². The summed E-state index contributed by atoms with van der Waals surface area (Å²) in [6, 6.07) is 15.7. The Morgan fingerprint density at radius 2 is 1.64 bits per heavy atom. The number of aromatic nitrogens is 3. The molecule has 262 valence electrons. The van der Waals surface area contributed by atoms with Crippen LogP contribution in [0, 0.1) is 6.08 Å². The molecule has 0 saturated heterocycles. The summed E-state index contributed by atoms with van der Waals surface area (Å²) in [6.07, 6.45) is -1.27. The molecule has 0 fully saturated rings. The maximum Gasteiger partial charge on any atom is 0.337 e. The van der Waals surface area contributed by atoms with E-state index in [1.165, 1.54) is 18.2 Å². The fourth-order valence-corrected chi connectivity index (χ4v) is 4.88. The van der Waals surface area contributed by atoms with Gasteiger partial charge in [0.15, 0.2) is 15.6 Å². The van der Waals surface area contributed by atoms with Gasteiger partial charge in [-0.3, -0.25) is 9.98 Å². The monoisotopic (exact) mass is 729 g/mol. The zero-order valence-corrected chi connectivity index (χ0v) is 27.3. The summed E-state index contributed by atoms with van der Waals surface area (Å²) >= 11 is 0. The maximum absolute atomic E-state index is 14.3. The molecule has 4 aromatic rings. The minimum Gasteiger partial charge on any atom is -0.504 e. The molecular formula is C29H28FN9O9S2. The molecule has 0 aliphatic rings. The Labute approximate surface area is 284 Å². The van der Waals surface area contributed by atoms with E-state index in [4.69, 9.17) is 4.74 Å². The highest BCUT2D eigenvalue weighted by atomic mass is 32.2. The van der Waals surface area contributed by atoms with Crippen molar-refractivity contribution in [3.8, 4) is 5.75 Å². The summed E-state index contributed by atoms with van der Waals surface area (Å²) in [5.41, 5.74) is 1.91. The average Bonchev–Trinajstić information content (AvgIpc) is 3.07. The third kappa shape index (κ3) is 10.6.